The third kappa shape index (κ3) is 6.30. The van der Waals surface area contributed by atoms with Crippen molar-refractivity contribution in [1.82, 2.24) is 15.4 Å². The zero-order chi connectivity index (χ0) is 24.2. The summed E-state index contributed by atoms with van der Waals surface area (Å²) < 4.78 is 10.7. The van der Waals surface area contributed by atoms with E-state index in [9.17, 15) is 4.79 Å². The van der Waals surface area contributed by atoms with E-state index in [0.717, 1.165) is 87.7 Å². The van der Waals surface area contributed by atoms with Crippen molar-refractivity contribution in [3.05, 3.63) is 23.2 Å². The van der Waals surface area contributed by atoms with Crippen LogP contribution in [0.4, 0.5) is 5.82 Å². The molecule has 3 fully saturated rings. The maximum absolute atomic E-state index is 12.4. The Hall–Kier alpha value is -1.83. The molecule has 1 aliphatic heterocycles. The van der Waals surface area contributed by atoms with Crippen molar-refractivity contribution in [3.8, 4) is 0 Å². The van der Waals surface area contributed by atoms with Gasteiger partial charge in [-0.05, 0) is 81.4 Å². The largest absolute Gasteiger partial charge is 0.384 e. The van der Waals surface area contributed by atoms with Crippen molar-refractivity contribution in [2.24, 2.45) is 17.8 Å². The number of anilines is 1. The van der Waals surface area contributed by atoms with Crippen LogP contribution in [0.2, 0.25) is 5.02 Å². The number of benzene rings is 1. The van der Waals surface area contributed by atoms with Gasteiger partial charge in [-0.25, -0.2) is 0 Å². The van der Waals surface area contributed by atoms with Gasteiger partial charge >= 0.3 is 0 Å². The van der Waals surface area contributed by atoms with Gasteiger partial charge in [0.1, 0.15) is 0 Å². The number of amides is 1. The molecule has 2 saturated carbocycles. The maximum atomic E-state index is 12.4. The number of aromatic nitrogens is 1. The second-order valence-electron chi connectivity index (χ2n) is 10.9. The average Bonchev–Trinajstić information content (AvgIpc) is 3.25. The van der Waals surface area contributed by atoms with Gasteiger partial charge in [0, 0.05) is 63.4 Å². The van der Waals surface area contributed by atoms with Crippen molar-refractivity contribution < 1.29 is 14.1 Å². The van der Waals surface area contributed by atoms with Gasteiger partial charge in [-0.3, -0.25) is 9.69 Å². The lowest BCUT2D eigenvalue weighted by Gasteiger charge is -2.36. The van der Waals surface area contributed by atoms with Gasteiger partial charge in [-0.15, -0.1) is 0 Å². The monoisotopic (exact) mass is 502 g/mol. The number of halogens is 1. The molecule has 2 heterocycles. The molecule has 1 aromatic carbocycles. The first-order valence-electron chi connectivity index (χ1n) is 13.4. The highest BCUT2D eigenvalue weighted by molar-refractivity contribution is 6.31. The van der Waals surface area contributed by atoms with E-state index >= 15 is 0 Å². The van der Waals surface area contributed by atoms with Gasteiger partial charge in [0.05, 0.1) is 5.39 Å². The summed E-state index contributed by atoms with van der Waals surface area (Å²) in [5.74, 6) is 3.21. The molecular formula is C27H39ClN4O3. The Labute approximate surface area is 213 Å². The molecule has 7 nitrogen and oxygen atoms in total. The summed E-state index contributed by atoms with van der Waals surface area (Å²) in [5.41, 5.74) is 0.750. The van der Waals surface area contributed by atoms with Crippen LogP contribution in [0.3, 0.4) is 0 Å². The van der Waals surface area contributed by atoms with Crippen molar-refractivity contribution in [2.45, 2.75) is 57.4 Å². The summed E-state index contributed by atoms with van der Waals surface area (Å²) in [4.78, 5) is 17.3. The molecule has 1 amide bonds. The summed E-state index contributed by atoms with van der Waals surface area (Å²) in [5, 5.41) is 9.33. The van der Waals surface area contributed by atoms with Crippen LogP contribution in [0.1, 0.15) is 51.4 Å². The molecule has 0 spiro atoms. The lowest BCUT2D eigenvalue weighted by molar-refractivity contribution is -0.124. The molecule has 8 heteroatoms. The Morgan fingerprint density at radius 3 is 2.63 bits per heavy atom. The second kappa shape index (κ2) is 11.5. The number of hydrogen-bond acceptors (Lipinski definition) is 6. The Morgan fingerprint density at radius 2 is 1.89 bits per heavy atom. The molecule has 35 heavy (non-hydrogen) atoms. The van der Waals surface area contributed by atoms with Crippen LogP contribution in [-0.4, -0.2) is 68.4 Å². The van der Waals surface area contributed by atoms with Crippen molar-refractivity contribution in [2.75, 3.05) is 51.3 Å². The molecule has 1 aromatic heterocycles. The van der Waals surface area contributed by atoms with E-state index in [4.69, 9.17) is 20.9 Å². The first-order chi connectivity index (χ1) is 17.1. The molecule has 0 atom stereocenters. The van der Waals surface area contributed by atoms with Gasteiger partial charge in [0.2, 0.25) is 5.91 Å². The molecule has 192 valence electrons. The minimum absolute atomic E-state index is 0.259. The van der Waals surface area contributed by atoms with Crippen molar-refractivity contribution in [1.29, 1.82) is 0 Å². The number of piperazine rings is 1. The Bertz CT molecular complexity index is 976. The van der Waals surface area contributed by atoms with Gasteiger partial charge in [0.15, 0.2) is 11.4 Å². The van der Waals surface area contributed by atoms with E-state index in [-0.39, 0.29) is 5.91 Å². The fourth-order valence-electron chi connectivity index (χ4n) is 6.23. The number of hydrogen-bond donors (Lipinski definition) is 1. The minimum Gasteiger partial charge on any atom is -0.384 e. The number of nitrogens with zero attached hydrogens (tertiary/aromatic N) is 3. The third-order valence-corrected chi connectivity index (χ3v) is 8.60. The molecule has 1 N–H and O–H groups in total. The summed E-state index contributed by atoms with van der Waals surface area (Å²) in [6.07, 6.45) is 8.97. The highest BCUT2D eigenvalue weighted by Crippen LogP contribution is 2.36. The van der Waals surface area contributed by atoms with E-state index in [1.54, 1.807) is 7.11 Å². The molecule has 1 saturated heterocycles. The number of ether oxygens (including phenoxy) is 1. The average molecular weight is 503 g/mol. The molecular weight excluding hydrogens is 464 g/mol. The molecule has 2 aliphatic carbocycles. The van der Waals surface area contributed by atoms with Gasteiger partial charge < -0.3 is 19.5 Å². The molecule has 5 rings (SSSR count). The first-order valence-corrected chi connectivity index (χ1v) is 13.8. The molecule has 2 aromatic rings. The summed E-state index contributed by atoms with van der Waals surface area (Å²) in [7, 11) is 1.76. The van der Waals surface area contributed by atoms with E-state index in [1.165, 1.54) is 19.3 Å². The van der Waals surface area contributed by atoms with Crippen LogP contribution in [0, 0.1) is 17.8 Å². The fourth-order valence-corrected chi connectivity index (χ4v) is 6.39. The number of rotatable bonds is 9. The van der Waals surface area contributed by atoms with Crippen molar-refractivity contribution in [3.63, 3.8) is 0 Å². The SMILES string of the molecule is COCC1CC(CC(=O)NC2CCC(CCN3CCN(c4noc5cc(Cl)ccc45)CC3)CC2)C1. The quantitative estimate of drug-likeness (QED) is 0.534. The Balaban J connectivity index is 0.970. The molecule has 0 radical (unpaired) electrons. The number of nitrogens with one attached hydrogen (secondary N) is 1. The highest BCUT2D eigenvalue weighted by Gasteiger charge is 2.31. The van der Waals surface area contributed by atoms with Crippen LogP contribution < -0.4 is 10.2 Å². The van der Waals surface area contributed by atoms with Crippen LogP contribution >= 0.6 is 11.6 Å². The zero-order valence-corrected chi connectivity index (χ0v) is 21.6. The maximum Gasteiger partial charge on any atom is 0.220 e. The number of carbonyl (C=O) groups is 1. The van der Waals surface area contributed by atoms with Gasteiger partial charge in [0.25, 0.3) is 0 Å². The summed E-state index contributed by atoms with van der Waals surface area (Å²) in [6.45, 7) is 6.05. The number of fused-ring (bicyclic) bond motifs is 1. The van der Waals surface area contributed by atoms with E-state index in [0.29, 0.717) is 29.3 Å². The molecule has 0 bridgehead atoms. The first kappa shape index (κ1) is 24.8. The van der Waals surface area contributed by atoms with Crippen molar-refractivity contribution >= 4 is 34.3 Å². The van der Waals surface area contributed by atoms with Gasteiger partial charge in [-0.2, -0.15) is 0 Å². The topological polar surface area (TPSA) is 70.8 Å². The Morgan fingerprint density at radius 1 is 1.11 bits per heavy atom. The fraction of sp³-hybridized carbons (Fsp3) is 0.704. The summed E-state index contributed by atoms with van der Waals surface area (Å²) >= 11 is 6.07. The summed E-state index contributed by atoms with van der Waals surface area (Å²) in [6, 6.07) is 6.11. The van der Waals surface area contributed by atoms with E-state index in [2.05, 4.69) is 20.3 Å². The smallest absolute Gasteiger partial charge is 0.220 e. The van der Waals surface area contributed by atoms with Crippen LogP contribution in [-0.2, 0) is 9.53 Å². The lowest BCUT2D eigenvalue weighted by Crippen LogP contribution is -2.47. The minimum atomic E-state index is 0.259. The highest BCUT2D eigenvalue weighted by atomic mass is 35.5. The second-order valence-corrected chi connectivity index (χ2v) is 11.3. The van der Waals surface area contributed by atoms with Crippen LogP contribution in [0.5, 0.6) is 0 Å². The Kier molecular flexibility index (Phi) is 8.15. The third-order valence-electron chi connectivity index (χ3n) is 8.36. The van der Waals surface area contributed by atoms with Crippen LogP contribution in [0.15, 0.2) is 22.7 Å². The predicted octanol–water partition coefficient (Wildman–Crippen LogP) is 4.73. The molecule has 0 unspecified atom stereocenters. The standard InChI is InChI=1S/C27H39ClN4O3/c1-34-18-21-14-20(15-21)16-26(33)29-23-5-2-19(3-6-23)8-9-31-10-12-32(13-11-31)27-24-7-4-22(28)17-25(24)35-30-27/h4,7,17,19-21,23H,2-3,5-6,8-16,18H2,1H3,(H,29,33). The van der Waals surface area contributed by atoms with E-state index in [1.807, 2.05) is 18.2 Å². The zero-order valence-electron chi connectivity index (χ0n) is 20.9. The van der Waals surface area contributed by atoms with Crippen LogP contribution in [0.25, 0.3) is 11.0 Å². The predicted molar refractivity (Wildman–Crippen MR) is 139 cm³/mol. The lowest BCUT2D eigenvalue weighted by atomic mass is 9.73. The number of methoxy groups -OCH3 is 1. The molecule has 3 aliphatic rings. The number of carbonyl (C=O) groups excluding carboxylic acids is 1. The van der Waals surface area contributed by atoms with Gasteiger partial charge in [-0.1, -0.05) is 16.8 Å². The van der Waals surface area contributed by atoms with E-state index < -0.39 is 0 Å². The normalized spacial score (nSPS) is 27.7.